The second-order valence-electron chi connectivity index (χ2n) is 4.17. The third-order valence-corrected chi connectivity index (χ3v) is 4.00. The predicted molar refractivity (Wildman–Crippen MR) is 85.4 cm³/mol. The second-order valence-corrected chi connectivity index (χ2v) is 5.88. The van der Waals surface area contributed by atoms with Crippen LogP contribution in [-0.2, 0) is 0 Å². The van der Waals surface area contributed by atoms with Crippen LogP contribution in [0, 0.1) is 6.92 Å². The number of amides is 1. The molecule has 0 aromatic heterocycles. The number of hydrogen-bond acceptors (Lipinski definition) is 2. The summed E-state index contributed by atoms with van der Waals surface area (Å²) in [5.41, 5.74) is 8.67. The van der Waals surface area contributed by atoms with E-state index in [1.807, 2.05) is 25.1 Å². The number of rotatable bonds is 2. The molecule has 2 rings (SSSR count). The van der Waals surface area contributed by atoms with Gasteiger partial charge >= 0.3 is 0 Å². The predicted octanol–water partition coefficient (Wildman–Crippen LogP) is 4.35. The maximum absolute atomic E-state index is 12.2. The maximum Gasteiger partial charge on any atom is 0.256 e. The average molecular weight is 384 g/mol. The molecule has 3 N–H and O–H groups in total. The van der Waals surface area contributed by atoms with Crippen molar-refractivity contribution in [2.24, 2.45) is 0 Å². The van der Waals surface area contributed by atoms with Gasteiger partial charge < -0.3 is 11.1 Å². The van der Waals surface area contributed by atoms with E-state index < -0.39 is 0 Å². The Morgan fingerprint density at radius 2 is 1.84 bits per heavy atom. The van der Waals surface area contributed by atoms with E-state index in [0.29, 0.717) is 16.9 Å². The number of benzene rings is 2. The molecule has 1 amide bonds. The van der Waals surface area contributed by atoms with Gasteiger partial charge in [-0.1, -0.05) is 11.6 Å². The maximum atomic E-state index is 12.2. The summed E-state index contributed by atoms with van der Waals surface area (Å²) in [6.07, 6.45) is 0. The van der Waals surface area contributed by atoms with Crippen molar-refractivity contribution in [3.8, 4) is 0 Å². The van der Waals surface area contributed by atoms with Crippen LogP contribution in [0.4, 0.5) is 11.4 Å². The van der Waals surface area contributed by atoms with Gasteiger partial charge in [-0.25, -0.2) is 0 Å². The normalized spacial score (nSPS) is 10.3. The number of nitrogens with two attached hydrogens (primary N) is 1. The molecule has 0 fully saturated rings. The molecule has 0 aliphatic rings. The molecular formula is C14H12Br2N2O. The summed E-state index contributed by atoms with van der Waals surface area (Å²) < 4.78 is 1.53. The quantitative estimate of drug-likeness (QED) is 0.757. The Morgan fingerprint density at radius 3 is 2.53 bits per heavy atom. The minimum absolute atomic E-state index is 0.160. The lowest BCUT2D eigenvalue weighted by molar-refractivity contribution is 0.102. The fourth-order valence-electron chi connectivity index (χ4n) is 1.62. The van der Waals surface area contributed by atoms with E-state index in [4.69, 9.17) is 5.73 Å². The van der Waals surface area contributed by atoms with Gasteiger partial charge in [-0.15, -0.1) is 0 Å². The summed E-state index contributed by atoms with van der Waals surface area (Å²) in [5.74, 6) is -0.160. The molecule has 0 aliphatic carbocycles. The van der Waals surface area contributed by atoms with Crippen LogP contribution in [0.2, 0.25) is 0 Å². The highest BCUT2D eigenvalue weighted by Crippen LogP contribution is 2.24. The minimum atomic E-state index is -0.160. The zero-order chi connectivity index (χ0) is 14.0. The molecule has 3 nitrogen and oxygen atoms in total. The van der Waals surface area contributed by atoms with Gasteiger partial charge in [-0.05, 0) is 69.1 Å². The van der Waals surface area contributed by atoms with Crippen LogP contribution in [0.3, 0.4) is 0 Å². The summed E-state index contributed by atoms with van der Waals surface area (Å²) in [7, 11) is 0. The smallest absolute Gasteiger partial charge is 0.256 e. The molecule has 0 bridgehead atoms. The van der Waals surface area contributed by atoms with Crippen LogP contribution in [0.1, 0.15) is 15.9 Å². The van der Waals surface area contributed by atoms with E-state index in [0.717, 1.165) is 14.5 Å². The minimum Gasteiger partial charge on any atom is -0.398 e. The highest BCUT2D eigenvalue weighted by atomic mass is 79.9. The lowest BCUT2D eigenvalue weighted by Crippen LogP contribution is -2.12. The molecule has 0 aliphatic heterocycles. The number of nitrogen functional groups attached to an aromatic ring is 1. The number of carbonyl (C=O) groups excluding carboxylic acids is 1. The zero-order valence-electron chi connectivity index (χ0n) is 10.2. The molecule has 2 aromatic rings. The van der Waals surface area contributed by atoms with E-state index in [2.05, 4.69) is 37.2 Å². The highest BCUT2D eigenvalue weighted by Gasteiger charge is 2.11. The average Bonchev–Trinajstić information content (AvgIpc) is 2.36. The Hall–Kier alpha value is -1.33. The monoisotopic (exact) mass is 382 g/mol. The summed E-state index contributed by atoms with van der Waals surface area (Å²) in [6, 6.07) is 10.9. The van der Waals surface area contributed by atoms with E-state index in [9.17, 15) is 4.79 Å². The molecule has 19 heavy (non-hydrogen) atoms. The van der Waals surface area contributed by atoms with Crippen LogP contribution >= 0.6 is 31.9 Å². The lowest BCUT2D eigenvalue weighted by atomic mass is 10.1. The SMILES string of the molecule is Cc1ccc(Br)c(C(=O)Nc2ccc(N)c(Br)c2)c1. The first-order chi connectivity index (χ1) is 8.97. The van der Waals surface area contributed by atoms with Crippen LogP contribution < -0.4 is 11.1 Å². The summed E-state index contributed by atoms with van der Waals surface area (Å²) in [6.45, 7) is 1.95. The van der Waals surface area contributed by atoms with Crippen molar-refractivity contribution >= 4 is 49.1 Å². The number of hydrogen-bond donors (Lipinski definition) is 2. The molecule has 0 atom stereocenters. The second kappa shape index (κ2) is 5.75. The van der Waals surface area contributed by atoms with Crippen molar-refractivity contribution in [3.05, 3.63) is 56.5 Å². The van der Waals surface area contributed by atoms with Crippen molar-refractivity contribution in [2.45, 2.75) is 6.92 Å². The van der Waals surface area contributed by atoms with Crippen LogP contribution in [0.25, 0.3) is 0 Å². The van der Waals surface area contributed by atoms with Gasteiger partial charge in [-0.3, -0.25) is 4.79 Å². The Balaban J connectivity index is 2.25. The van der Waals surface area contributed by atoms with E-state index in [1.54, 1.807) is 18.2 Å². The Kier molecular flexibility index (Phi) is 4.27. The van der Waals surface area contributed by atoms with Crippen molar-refractivity contribution in [1.82, 2.24) is 0 Å². The van der Waals surface area contributed by atoms with Gasteiger partial charge in [0, 0.05) is 20.3 Å². The van der Waals surface area contributed by atoms with E-state index >= 15 is 0 Å². The van der Waals surface area contributed by atoms with Crippen LogP contribution in [-0.4, -0.2) is 5.91 Å². The van der Waals surface area contributed by atoms with Crippen LogP contribution in [0.5, 0.6) is 0 Å². The first-order valence-corrected chi connectivity index (χ1v) is 7.18. The summed E-state index contributed by atoms with van der Waals surface area (Å²) >= 11 is 6.71. The number of nitrogens with one attached hydrogen (secondary N) is 1. The molecule has 0 heterocycles. The molecule has 2 aromatic carbocycles. The third kappa shape index (κ3) is 3.36. The first-order valence-electron chi connectivity index (χ1n) is 5.60. The van der Waals surface area contributed by atoms with Gasteiger partial charge in [0.15, 0.2) is 0 Å². The number of carbonyl (C=O) groups is 1. The number of anilines is 2. The lowest BCUT2D eigenvalue weighted by Gasteiger charge is -2.09. The third-order valence-electron chi connectivity index (χ3n) is 2.62. The van der Waals surface area contributed by atoms with Crippen molar-refractivity contribution in [2.75, 3.05) is 11.1 Å². The van der Waals surface area contributed by atoms with Gasteiger partial charge in [0.05, 0.1) is 5.56 Å². The van der Waals surface area contributed by atoms with Crippen molar-refractivity contribution in [3.63, 3.8) is 0 Å². The van der Waals surface area contributed by atoms with Gasteiger partial charge in [0.2, 0.25) is 0 Å². The van der Waals surface area contributed by atoms with Crippen LogP contribution in [0.15, 0.2) is 45.3 Å². The first kappa shape index (κ1) is 14.1. The van der Waals surface area contributed by atoms with Gasteiger partial charge in [0.1, 0.15) is 0 Å². The Labute approximate surface area is 128 Å². The zero-order valence-corrected chi connectivity index (χ0v) is 13.4. The molecule has 0 unspecified atom stereocenters. The topological polar surface area (TPSA) is 55.1 Å². The molecule has 0 saturated carbocycles. The molecule has 0 radical (unpaired) electrons. The molecular weight excluding hydrogens is 372 g/mol. The summed E-state index contributed by atoms with van der Waals surface area (Å²) in [5, 5.41) is 2.84. The number of halogens is 2. The van der Waals surface area contributed by atoms with Crippen molar-refractivity contribution < 1.29 is 4.79 Å². The fourth-order valence-corrected chi connectivity index (χ4v) is 2.42. The van der Waals surface area contributed by atoms with E-state index in [-0.39, 0.29) is 5.91 Å². The largest absolute Gasteiger partial charge is 0.398 e. The van der Waals surface area contributed by atoms with E-state index in [1.165, 1.54) is 0 Å². The van der Waals surface area contributed by atoms with Crippen molar-refractivity contribution in [1.29, 1.82) is 0 Å². The number of aryl methyl sites for hydroxylation is 1. The summed E-state index contributed by atoms with van der Waals surface area (Å²) in [4.78, 5) is 12.2. The van der Waals surface area contributed by atoms with Gasteiger partial charge in [-0.2, -0.15) is 0 Å². The fraction of sp³-hybridized carbons (Fsp3) is 0.0714. The highest BCUT2D eigenvalue weighted by molar-refractivity contribution is 9.11. The molecule has 5 heteroatoms. The Bertz CT molecular complexity index is 641. The Morgan fingerprint density at radius 1 is 1.11 bits per heavy atom. The van der Waals surface area contributed by atoms with Gasteiger partial charge in [0.25, 0.3) is 5.91 Å². The molecule has 0 saturated heterocycles. The standard InChI is InChI=1S/C14H12Br2N2O/c1-8-2-4-11(15)10(6-8)14(19)18-9-3-5-13(17)12(16)7-9/h2-7H,17H2,1H3,(H,18,19). The molecule has 98 valence electrons. The molecule has 0 spiro atoms.